The van der Waals surface area contributed by atoms with Crippen LogP contribution in [0.25, 0.3) is 0 Å². The Hall–Kier alpha value is -1.83. The van der Waals surface area contributed by atoms with Crippen molar-refractivity contribution >= 4 is 28.3 Å². The summed E-state index contributed by atoms with van der Waals surface area (Å²) in [4.78, 5) is 10.5. The Morgan fingerprint density at radius 1 is 1.19 bits per heavy atom. The number of nitro groups is 1. The molecular weight excluding hydrogens is 385 g/mol. The topological polar surface area (TPSA) is 61.6 Å². The molecule has 0 aliphatic carbocycles. The van der Waals surface area contributed by atoms with Crippen LogP contribution in [0.4, 0.5) is 5.69 Å². The highest BCUT2D eigenvalue weighted by molar-refractivity contribution is 14.1. The van der Waals surface area contributed by atoms with E-state index in [0.29, 0.717) is 18.1 Å². The second-order valence-corrected chi connectivity index (χ2v) is 5.43. The SMILES string of the molecule is CCCOc1cc(Oc2ccccc2I)ccc1[N+](=O)[O-]. The number of ether oxygens (including phenoxy) is 2. The molecule has 21 heavy (non-hydrogen) atoms. The summed E-state index contributed by atoms with van der Waals surface area (Å²) >= 11 is 2.17. The van der Waals surface area contributed by atoms with Crippen LogP contribution >= 0.6 is 22.6 Å². The Labute approximate surface area is 136 Å². The molecule has 2 aromatic rings. The van der Waals surface area contributed by atoms with E-state index in [-0.39, 0.29) is 11.4 Å². The van der Waals surface area contributed by atoms with Crippen LogP contribution < -0.4 is 9.47 Å². The van der Waals surface area contributed by atoms with Gasteiger partial charge in [-0.25, -0.2) is 0 Å². The second kappa shape index (κ2) is 7.26. The monoisotopic (exact) mass is 399 g/mol. The van der Waals surface area contributed by atoms with Gasteiger partial charge in [-0.2, -0.15) is 0 Å². The third kappa shape index (κ3) is 4.07. The molecule has 0 aromatic heterocycles. The molecule has 0 saturated carbocycles. The number of rotatable bonds is 6. The van der Waals surface area contributed by atoms with Gasteiger partial charge in [0.15, 0.2) is 0 Å². The minimum absolute atomic E-state index is 0.0569. The molecule has 110 valence electrons. The summed E-state index contributed by atoms with van der Waals surface area (Å²) in [6.45, 7) is 2.37. The summed E-state index contributed by atoms with van der Waals surface area (Å²) in [5, 5.41) is 11.0. The Bertz CT molecular complexity index is 645. The number of hydrogen-bond donors (Lipinski definition) is 0. The van der Waals surface area contributed by atoms with E-state index in [1.807, 2.05) is 31.2 Å². The first-order valence-corrected chi connectivity index (χ1v) is 7.53. The lowest BCUT2D eigenvalue weighted by Gasteiger charge is -2.10. The van der Waals surface area contributed by atoms with Crippen molar-refractivity contribution < 1.29 is 14.4 Å². The molecule has 5 nitrogen and oxygen atoms in total. The van der Waals surface area contributed by atoms with Crippen molar-refractivity contribution in [3.8, 4) is 17.2 Å². The third-order valence-electron chi connectivity index (χ3n) is 2.65. The van der Waals surface area contributed by atoms with Gasteiger partial charge in [0, 0.05) is 12.1 Å². The standard InChI is InChI=1S/C15H14INO4/c1-2-9-20-15-10-11(7-8-13(15)17(18)19)21-14-6-4-3-5-12(14)16/h3-8,10H,2,9H2,1H3. The van der Waals surface area contributed by atoms with Crippen LogP contribution in [0.3, 0.4) is 0 Å². The molecule has 0 radical (unpaired) electrons. The van der Waals surface area contributed by atoms with Crippen LogP contribution in [0.2, 0.25) is 0 Å². The second-order valence-electron chi connectivity index (χ2n) is 4.27. The van der Waals surface area contributed by atoms with Gasteiger partial charge in [0.25, 0.3) is 0 Å². The minimum atomic E-state index is -0.457. The lowest BCUT2D eigenvalue weighted by molar-refractivity contribution is -0.385. The molecule has 6 heteroatoms. The third-order valence-corrected chi connectivity index (χ3v) is 3.55. The van der Waals surface area contributed by atoms with E-state index < -0.39 is 4.92 Å². The lowest BCUT2D eigenvalue weighted by atomic mass is 10.2. The Morgan fingerprint density at radius 3 is 2.62 bits per heavy atom. The maximum Gasteiger partial charge on any atom is 0.311 e. The predicted octanol–water partition coefficient (Wildman–Crippen LogP) is 4.78. The van der Waals surface area contributed by atoms with Crippen LogP contribution in [0.15, 0.2) is 42.5 Å². The van der Waals surface area contributed by atoms with Crippen molar-refractivity contribution in [3.63, 3.8) is 0 Å². The van der Waals surface area contributed by atoms with Gasteiger partial charge in [-0.15, -0.1) is 0 Å². The van der Waals surface area contributed by atoms with Crippen LogP contribution in [-0.2, 0) is 0 Å². The largest absolute Gasteiger partial charge is 0.487 e. The molecule has 0 spiro atoms. The summed E-state index contributed by atoms with van der Waals surface area (Å²) in [5.41, 5.74) is -0.0569. The summed E-state index contributed by atoms with van der Waals surface area (Å²) in [6.07, 6.45) is 0.777. The van der Waals surface area contributed by atoms with E-state index in [9.17, 15) is 10.1 Å². The smallest absolute Gasteiger partial charge is 0.311 e. The zero-order valence-corrected chi connectivity index (χ0v) is 13.6. The van der Waals surface area contributed by atoms with Gasteiger partial charge >= 0.3 is 5.69 Å². The van der Waals surface area contributed by atoms with Crippen molar-refractivity contribution in [2.75, 3.05) is 6.61 Å². The number of nitrogens with zero attached hydrogens (tertiary/aromatic N) is 1. The number of benzene rings is 2. The predicted molar refractivity (Wildman–Crippen MR) is 88.1 cm³/mol. The molecule has 0 fully saturated rings. The Morgan fingerprint density at radius 2 is 1.95 bits per heavy atom. The summed E-state index contributed by atoms with van der Waals surface area (Å²) in [6, 6.07) is 12.1. The van der Waals surface area contributed by atoms with Crippen molar-refractivity contribution in [1.29, 1.82) is 0 Å². The van der Waals surface area contributed by atoms with Gasteiger partial charge in [-0.3, -0.25) is 10.1 Å². The highest BCUT2D eigenvalue weighted by Crippen LogP contribution is 2.34. The van der Waals surface area contributed by atoms with Gasteiger partial charge in [-0.1, -0.05) is 19.1 Å². The molecule has 0 N–H and O–H groups in total. The maximum atomic E-state index is 11.0. The highest BCUT2D eigenvalue weighted by atomic mass is 127. The fraction of sp³-hybridized carbons (Fsp3) is 0.200. The lowest BCUT2D eigenvalue weighted by Crippen LogP contribution is -2.00. The molecule has 0 heterocycles. The first-order valence-electron chi connectivity index (χ1n) is 6.45. The molecule has 0 amide bonds. The Balaban J connectivity index is 2.28. The van der Waals surface area contributed by atoms with Crippen molar-refractivity contribution in [2.45, 2.75) is 13.3 Å². The van der Waals surface area contributed by atoms with Crippen molar-refractivity contribution in [2.24, 2.45) is 0 Å². The number of hydrogen-bond acceptors (Lipinski definition) is 4. The van der Waals surface area contributed by atoms with Crippen LogP contribution in [0.5, 0.6) is 17.2 Å². The van der Waals surface area contributed by atoms with E-state index >= 15 is 0 Å². The van der Waals surface area contributed by atoms with Crippen molar-refractivity contribution in [1.82, 2.24) is 0 Å². The van der Waals surface area contributed by atoms with Crippen molar-refractivity contribution in [3.05, 3.63) is 56.1 Å². The molecule has 0 unspecified atom stereocenters. The molecular formula is C15H14INO4. The molecule has 2 rings (SSSR count). The molecule has 0 bridgehead atoms. The number of para-hydroxylation sites is 1. The highest BCUT2D eigenvalue weighted by Gasteiger charge is 2.16. The van der Waals surface area contributed by atoms with Gasteiger partial charge in [0.1, 0.15) is 11.5 Å². The molecule has 0 aliphatic heterocycles. The van der Waals surface area contributed by atoms with Gasteiger partial charge < -0.3 is 9.47 Å². The zero-order chi connectivity index (χ0) is 15.2. The average molecular weight is 399 g/mol. The first-order chi connectivity index (χ1) is 10.1. The van der Waals surface area contributed by atoms with E-state index in [2.05, 4.69) is 22.6 Å². The van der Waals surface area contributed by atoms with Gasteiger partial charge in [0.2, 0.25) is 5.75 Å². The fourth-order valence-corrected chi connectivity index (χ4v) is 2.19. The van der Waals surface area contributed by atoms with E-state index in [0.717, 1.165) is 9.99 Å². The summed E-state index contributed by atoms with van der Waals surface area (Å²) < 4.78 is 12.1. The fourth-order valence-electron chi connectivity index (χ4n) is 1.69. The van der Waals surface area contributed by atoms with E-state index in [4.69, 9.17) is 9.47 Å². The number of halogens is 1. The summed E-state index contributed by atoms with van der Waals surface area (Å²) in [5.74, 6) is 1.44. The normalized spacial score (nSPS) is 10.2. The van der Waals surface area contributed by atoms with Crippen LogP contribution in [0.1, 0.15) is 13.3 Å². The molecule has 2 aromatic carbocycles. The molecule has 0 aliphatic rings. The van der Waals surface area contributed by atoms with Crippen LogP contribution in [0, 0.1) is 13.7 Å². The van der Waals surface area contributed by atoms with Crippen LogP contribution in [-0.4, -0.2) is 11.5 Å². The zero-order valence-electron chi connectivity index (χ0n) is 11.4. The number of nitro benzene ring substituents is 1. The first kappa shape index (κ1) is 15.6. The molecule has 0 atom stereocenters. The van der Waals surface area contributed by atoms with Gasteiger partial charge in [0.05, 0.1) is 15.1 Å². The van der Waals surface area contributed by atoms with E-state index in [1.54, 1.807) is 12.1 Å². The Kier molecular flexibility index (Phi) is 5.38. The minimum Gasteiger partial charge on any atom is -0.487 e. The quantitative estimate of drug-likeness (QED) is 0.399. The summed E-state index contributed by atoms with van der Waals surface area (Å²) in [7, 11) is 0. The van der Waals surface area contributed by atoms with Gasteiger partial charge in [-0.05, 0) is 47.2 Å². The van der Waals surface area contributed by atoms with E-state index in [1.165, 1.54) is 6.07 Å². The average Bonchev–Trinajstić information content (AvgIpc) is 2.47. The molecule has 0 saturated heterocycles. The maximum absolute atomic E-state index is 11.0.